The van der Waals surface area contributed by atoms with E-state index in [1.54, 1.807) is 11.9 Å². The van der Waals surface area contributed by atoms with Crippen LogP contribution in [0.1, 0.15) is 40.5 Å². The Labute approximate surface area is 117 Å². The van der Waals surface area contributed by atoms with Crippen molar-refractivity contribution in [2.45, 2.75) is 25.7 Å². The lowest BCUT2D eigenvalue weighted by Gasteiger charge is -2.18. The van der Waals surface area contributed by atoms with Crippen LogP contribution in [0.25, 0.3) is 0 Å². The topological polar surface area (TPSA) is 75.0 Å². The molecule has 3 N–H and O–H groups in total. The number of carbonyl (C=O) groups excluding carboxylic acids is 1. The zero-order valence-corrected chi connectivity index (χ0v) is 11.7. The number of para-hydroxylation sites is 1. The lowest BCUT2D eigenvalue weighted by Crippen LogP contribution is -2.28. The quantitative estimate of drug-likeness (QED) is 0.899. The van der Waals surface area contributed by atoms with Crippen molar-refractivity contribution < 1.29 is 4.79 Å². The number of hydrogen-bond acceptors (Lipinski definition) is 3. The van der Waals surface area contributed by atoms with Crippen LogP contribution in [0.15, 0.2) is 24.3 Å². The first-order valence-corrected chi connectivity index (χ1v) is 6.77. The second kappa shape index (κ2) is 4.67. The van der Waals surface area contributed by atoms with Gasteiger partial charge in [0.25, 0.3) is 5.91 Å². The summed E-state index contributed by atoms with van der Waals surface area (Å²) in [5, 5.41) is 7.03. The molecule has 1 aliphatic rings. The fourth-order valence-corrected chi connectivity index (χ4v) is 2.42. The molecular weight excluding hydrogens is 252 g/mol. The molecular formula is C15H18N4O. The summed E-state index contributed by atoms with van der Waals surface area (Å²) < 4.78 is 0. The largest absolute Gasteiger partial charge is 0.395 e. The van der Waals surface area contributed by atoms with Crippen LogP contribution in [-0.4, -0.2) is 23.2 Å². The predicted molar refractivity (Wildman–Crippen MR) is 78.9 cm³/mol. The van der Waals surface area contributed by atoms with Crippen molar-refractivity contribution in [3.8, 4) is 0 Å². The SMILES string of the molecule is Cc1ccccc1N(C)C(=O)c1n[nH]c(C2CC2)c1N. The molecule has 0 spiro atoms. The first-order chi connectivity index (χ1) is 9.59. The molecule has 1 amide bonds. The normalized spacial score (nSPS) is 14.3. The zero-order chi connectivity index (χ0) is 14.3. The maximum Gasteiger partial charge on any atom is 0.280 e. The van der Waals surface area contributed by atoms with Crippen LogP contribution in [-0.2, 0) is 0 Å². The van der Waals surface area contributed by atoms with Gasteiger partial charge in [-0.25, -0.2) is 0 Å². The molecule has 5 heteroatoms. The van der Waals surface area contributed by atoms with Gasteiger partial charge in [-0.05, 0) is 31.4 Å². The summed E-state index contributed by atoms with van der Waals surface area (Å²) in [5.74, 6) is 0.271. The number of anilines is 2. The van der Waals surface area contributed by atoms with E-state index >= 15 is 0 Å². The number of rotatable bonds is 3. The molecule has 0 saturated heterocycles. The Hall–Kier alpha value is -2.30. The van der Waals surface area contributed by atoms with Gasteiger partial charge in [-0.15, -0.1) is 0 Å². The number of aryl methyl sites for hydroxylation is 1. The number of benzene rings is 1. The minimum absolute atomic E-state index is 0.181. The summed E-state index contributed by atoms with van der Waals surface area (Å²) in [4.78, 5) is 14.1. The molecule has 1 aliphatic carbocycles. The first kappa shape index (κ1) is 12.7. The number of aromatic nitrogens is 2. The van der Waals surface area contributed by atoms with Gasteiger partial charge < -0.3 is 10.6 Å². The monoisotopic (exact) mass is 270 g/mol. The molecule has 20 heavy (non-hydrogen) atoms. The van der Waals surface area contributed by atoms with E-state index in [9.17, 15) is 4.79 Å². The van der Waals surface area contributed by atoms with Crippen molar-refractivity contribution in [3.05, 3.63) is 41.2 Å². The number of carbonyl (C=O) groups is 1. The van der Waals surface area contributed by atoms with E-state index < -0.39 is 0 Å². The molecule has 1 heterocycles. The maximum atomic E-state index is 12.5. The highest BCUT2D eigenvalue weighted by Crippen LogP contribution is 2.42. The van der Waals surface area contributed by atoms with Crippen LogP contribution in [0.2, 0.25) is 0 Å². The van der Waals surface area contributed by atoms with Gasteiger partial charge in [-0.3, -0.25) is 9.89 Å². The number of aromatic amines is 1. The summed E-state index contributed by atoms with van der Waals surface area (Å²) >= 11 is 0. The van der Waals surface area contributed by atoms with Crippen LogP contribution in [0.4, 0.5) is 11.4 Å². The molecule has 0 bridgehead atoms. The van der Waals surface area contributed by atoms with Gasteiger partial charge in [0.2, 0.25) is 0 Å². The van der Waals surface area contributed by atoms with E-state index in [-0.39, 0.29) is 5.91 Å². The number of nitrogens with two attached hydrogens (primary N) is 1. The van der Waals surface area contributed by atoms with E-state index in [0.717, 1.165) is 29.8 Å². The third-order valence-electron chi connectivity index (χ3n) is 3.80. The second-order valence-electron chi connectivity index (χ2n) is 5.32. The second-order valence-corrected chi connectivity index (χ2v) is 5.32. The van der Waals surface area contributed by atoms with Crippen molar-refractivity contribution in [2.24, 2.45) is 0 Å². The minimum Gasteiger partial charge on any atom is -0.395 e. The van der Waals surface area contributed by atoms with Crippen LogP contribution in [0.3, 0.4) is 0 Å². The van der Waals surface area contributed by atoms with Crippen LogP contribution >= 0.6 is 0 Å². The standard InChI is InChI=1S/C15H18N4O/c1-9-5-3-4-6-11(9)19(2)15(20)14-12(16)13(17-18-14)10-7-8-10/h3-6,10H,7-8,16H2,1-2H3,(H,17,18). The van der Waals surface area contributed by atoms with Crippen molar-refractivity contribution >= 4 is 17.3 Å². The Morgan fingerprint density at radius 3 is 2.75 bits per heavy atom. The Bertz CT molecular complexity index is 658. The van der Waals surface area contributed by atoms with Gasteiger partial charge in [0.05, 0.1) is 11.4 Å². The Morgan fingerprint density at radius 1 is 1.40 bits per heavy atom. The van der Waals surface area contributed by atoms with E-state index in [0.29, 0.717) is 17.3 Å². The highest BCUT2D eigenvalue weighted by Gasteiger charge is 2.31. The maximum absolute atomic E-state index is 12.5. The van der Waals surface area contributed by atoms with E-state index in [2.05, 4.69) is 10.2 Å². The highest BCUT2D eigenvalue weighted by atomic mass is 16.2. The highest BCUT2D eigenvalue weighted by molar-refractivity contribution is 6.08. The Kier molecular flexibility index (Phi) is 2.97. The summed E-state index contributed by atoms with van der Waals surface area (Å²) in [6.07, 6.45) is 2.24. The molecule has 2 aromatic rings. The third-order valence-corrected chi connectivity index (χ3v) is 3.80. The fraction of sp³-hybridized carbons (Fsp3) is 0.333. The van der Waals surface area contributed by atoms with Crippen molar-refractivity contribution in [3.63, 3.8) is 0 Å². The smallest absolute Gasteiger partial charge is 0.280 e. The zero-order valence-electron chi connectivity index (χ0n) is 11.7. The van der Waals surface area contributed by atoms with E-state index in [4.69, 9.17) is 5.73 Å². The average Bonchev–Trinajstić information content (AvgIpc) is 3.21. The van der Waals surface area contributed by atoms with Crippen molar-refractivity contribution in [1.82, 2.24) is 10.2 Å². The van der Waals surface area contributed by atoms with Gasteiger partial charge in [0.1, 0.15) is 0 Å². The number of nitrogens with one attached hydrogen (secondary N) is 1. The van der Waals surface area contributed by atoms with E-state index in [1.165, 1.54) is 0 Å². The van der Waals surface area contributed by atoms with Gasteiger partial charge in [0.15, 0.2) is 5.69 Å². The lowest BCUT2D eigenvalue weighted by atomic mass is 10.1. The first-order valence-electron chi connectivity index (χ1n) is 6.77. The molecule has 1 saturated carbocycles. The van der Waals surface area contributed by atoms with Gasteiger partial charge in [0, 0.05) is 18.7 Å². The summed E-state index contributed by atoms with van der Waals surface area (Å²) in [6, 6.07) is 7.75. The van der Waals surface area contributed by atoms with Crippen molar-refractivity contribution in [1.29, 1.82) is 0 Å². The molecule has 5 nitrogen and oxygen atoms in total. The molecule has 3 rings (SSSR count). The number of nitrogens with zero attached hydrogens (tertiary/aromatic N) is 2. The molecule has 104 valence electrons. The molecule has 0 atom stereocenters. The fourth-order valence-electron chi connectivity index (χ4n) is 2.42. The average molecular weight is 270 g/mol. The lowest BCUT2D eigenvalue weighted by molar-refractivity contribution is 0.0989. The number of H-pyrrole nitrogens is 1. The van der Waals surface area contributed by atoms with Crippen molar-refractivity contribution in [2.75, 3.05) is 17.7 Å². The van der Waals surface area contributed by atoms with Gasteiger partial charge in [-0.1, -0.05) is 18.2 Å². The summed E-state index contributed by atoms with van der Waals surface area (Å²) in [5.41, 5.74) is 9.69. The third kappa shape index (κ3) is 2.05. The van der Waals surface area contributed by atoms with Crippen LogP contribution in [0.5, 0.6) is 0 Å². The predicted octanol–water partition coefficient (Wildman–Crippen LogP) is 2.45. The number of amides is 1. The summed E-state index contributed by atoms with van der Waals surface area (Å²) in [7, 11) is 1.75. The summed E-state index contributed by atoms with van der Waals surface area (Å²) in [6.45, 7) is 1.97. The van der Waals surface area contributed by atoms with Gasteiger partial charge in [-0.2, -0.15) is 5.10 Å². The van der Waals surface area contributed by atoms with Gasteiger partial charge >= 0.3 is 0 Å². The Balaban J connectivity index is 1.90. The molecule has 1 fully saturated rings. The molecule has 0 unspecified atom stereocenters. The molecule has 1 aromatic carbocycles. The minimum atomic E-state index is -0.181. The molecule has 0 aliphatic heterocycles. The number of hydrogen-bond donors (Lipinski definition) is 2. The van der Waals surface area contributed by atoms with E-state index in [1.807, 2.05) is 31.2 Å². The molecule has 1 aromatic heterocycles. The van der Waals surface area contributed by atoms with Crippen LogP contribution in [0, 0.1) is 6.92 Å². The Morgan fingerprint density at radius 2 is 2.10 bits per heavy atom. The van der Waals surface area contributed by atoms with Crippen LogP contribution < -0.4 is 10.6 Å². The molecule has 0 radical (unpaired) electrons. The number of nitrogen functional groups attached to an aromatic ring is 1.